The first-order chi connectivity index (χ1) is 12.3. The smallest absolute Gasteiger partial charge is 0.161 e. The van der Waals surface area contributed by atoms with Crippen molar-refractivity contribution in [2.45, 2.75) is 32.4 Å². The largest absolute Gasteiger partial charge is 0.493 e. The highest BCUT2D eigenvalue weighted by atomic mass is 16.5. The Balaban J connectivity index is 1.58. The molecule has 0 radical (unpaired) electrons. The third kappa shape index (κ3) is 4.60. The number of methoxy groups -OCH3 is 1. The van der Waals surface area contributed by atoms with Gasteiger partial charge < -0.3 is 19.7 Å². The summed E-state index contributed by atoms with van der Waals surface area (Å²) >= 11 is 0. The minimum Gasteiger partial charge on any atom is -0.493 e. The number of nitrogens with zero attached hydrogens (tertiary/aromatic N) is 3. The molecule has 0 unspecified atom stereocenters. The van der Waals surface area contributed by atoms with Crippen LogP contribution in [-0.4, -0.2) is 43.0 Å². The summed E-state index contributed by atoms with van der Waals surface area (Å²) in [4.78, 5) is 2.30. The van der Waals surface area contributed by atoms with E-state index in [9.17, 15) is 0 Å². The lowest BCUT2D eigenvalue weighted by molar-refractivity contribution is 0.310. The Bertz CT molecular complexity index is 666. The van der Waals surface area contributed by atoms with Gasteiger partial charge in [0.25, 0.3) is 0 Å². The number of anilines is 1. The molecule has 2 aromatic rings. The summed E-state index contributed by atoms with van der Waals surface area (Å²) in [6, 6.07) is 10.5. The maximum Gasteiger partial charge on any atom is 0.161 e. The second-order valence-corrected chi connectivity index (χ2v) is 6.17. The van der Waals surface area contributed by atoms with Gasteiger partial charge in [-0.15, -0.1) is 5.10 Å². The van der Waals surface area contributed by atoms with E-state index in [1.54, 1.807) is 13.3 Å². The van der Waals surface area contributed by atoms with Gasteiger partial charge in [-0.1, -0.05) is 6.07 Å². The quantitative estimate of drug-likeness (QED) is 0.835. The molecule has 0 amide bonds. The van der Waals surface area contributed by atoms with Gasteiger partial charge >= 0.3 is 0 Å². The zero-order valence-corrected chi connectivity index (χ0v) is 14.9. The van der Waals surface area contributed by atoms with Crippen LogP contribution in [0.15, 0.2) is 36.5 Å². The predicted molar refractivity (Wildman–Crippen MR) is 98.3 cm³/mol. The maximum absolute atomic E-state index is 5.58. The van der Waals surface area contributed by atoms with Gasteiger partial charge in [0.2, 0.25) is 0 Å². The van der Waals surface area contributed by atoms with Crippen LogP contribution >= 0.6 is 0 Å². The average Bonchev–Trinajstić information content (AvgIpc) is 2.68. The van der Waals surface area contributed by atoms with Crippen molar-refractivity contribution in [3.63, 3.8) is 0 Å². The Morgan fingerprint density at radius 3 is 2.96 bits per heavy atom. The van der Waals surface area contributed by atoms with Gasteiger partial charge in [0.1, 0.15) is 0 Å². The normalized spacial score (nSPS) is 17.4. The number of piperidine rings is 1. The van der Waals surface area contributed by atoms with Crippen molar-refractivity contribution in [2.24, 2.45) is 0 Å². The molecule has 3 rings (SSSR count). The second-order valence-electron chi connectivity index (χ2n) is 6.17. The lowest BCUT2D eigenvalue weighted by Gasteiger charge is -2.33. The molecule has 1 aromatic heterocycles. The molecule has 25 heavy (non-hydrogen) atoms. The molecule has 1 aromatic carbocycles. The average molecular weight is 342 g/mol. The van der Waals surface area contributed by atoms with E-state index >= 15 is 0 Å². The van der Waals surface area contributed by atoms with Gasteiger partial charge in [-0.25, -0.2) is 0 Å². The van der Waals surface area contributed by atoms with Crippen molar-refractivity contribution in [2.75, 3.05) is 31.7 Å². The lowest BCUT2D eigenvalue weighted by atomic mass is 10.1. The predicted octanol–water partition coefficient (Wildman–Crippen LogP) is 2.64. The third-order valence-electron chi connectivity index (χ3n) is 4.43. The Morgan fingerprint density at radius 1 is 1.28 bits per heavy atom. The van der Waals surface area contributed by atoms with Gasteiger partial charge in [-0.05, 0) is 49.6 Å². The number of hydrogen-bond donors (Lipinski definition) is 1. The third-order valence-corrected chi connectivity index (χ3v) is 4.43. The van der Waals surface area contributed by atoms with Crippen molar-refractivity contribution < 1.29 is 9.47 Å². The molecule has 0 spiro atoms. The van der Waals surface area contributed by atoms with Gasteiger partial charge in [-0.3, -0.25) is 0 Å². The topological polar surface area (TPSA) is 59.5 Å². The summed E-state index contributed by atoms with van der Waals surface area (Å²) in [7, 11) is 1.68. The Morgan fingerprint density at radius 2 is 2.20 bits per heavy atom. The molecule has 0 bridgehead atoms. The molecule has 2 heterocycles. The molecule has 1 N–H and O–H groups in total. The fourth-order valence-corrected chi connectivity index (χ4v) is 3.17. The summed E-state index contributed by atoms with van der Waals surface area (Å²) in [5, 5.41) is 11.9. The SMILES string of the molecule is CCOc1ccc(CN[C@@H]2CCCN(c3cccnn3)C2)cc1OC. The summed E-state index contributed by atoms with van der Waals surface area (Å²) < 4.78 is 11.0. The van der Waals surface area contributed by atoms with Crippen molar-refractivity contribution in [1.82, 2.24) is 15.5 Å². The van der Waals surface area contributed by atoms with E-state index < -0.39 is 0 Å². The summed E-state index contributed by atoms with van der Waals surface area (Å²) in [6.45, 7) is 5.40. The van der Waals surface area contributed by atoms with E-state index in [4.69, 9.17) is 9.47 Å². The van der Waals surface area contributed by atoms with E-state index in [2.05, 4.69) is 26.5 Å². The van der Waals surface area contributed by atoms with Gasteiger partial charge in [0.05, 0.1) is 13.7 Å². The fraction of sp³-hybridized carbons (Fsp3) is 0.474. The molecule has 0 saturated carbocycles. The van der Waals surface area contributed by atoms with E-state index in [-0.39, 0.29) is 0 Å². The number of ether oxygens (including phenoxy) is 2. The number of benzene rings is 1. The highest BCUT2D eigenvalue weighted by Gasteiger charge is 2.20. The van der Waals surface area contributed by atoms with Gasteiger partial charge in [0, 0.05) is 31.9 Å². The van der Waals surface area contributed by atoms with Gasteiger partial charge in [0.15, 0.2) is 17.3 Å². The minimum absolute atomic E-state index is 0.438. The molecule has 6 heteroatoms. The molecule has 1 atom stereocenters. The number of aromatic nitrogens is 2. The maximum atomic E-state index is 5.58. The molecule has 6 nitrogen and oxygen atoms in total. The monoisotopic (exact) mass is 342 g/mol. The van der Waals surface area contributed by atoms with E-state index in [1.807, 2.05) is 31.2 Å². The van der Waals surface area contributed by atoms with Crippen molar-refractivity contribution >= 4 is 5.82 Å². The zero-order chi connectivity index (χ0) is 17.5. The fourth-order valence-electron chi connectivity index (χ4n) is 3.17. The highest BCUT2D eigenvalue weighted by molar-refractivity contribution is 5.43. The summed E-state index contributed by atoms with van der Waals surface area (Å²) in [5.41, 5.74) is 1.19. The molecular formula is C19H26N4O2. The first kappa shape index (κ1) is 17.5. The Hall–Kier alpha value is -2.34. The molecule has 1 aliphatic rings. The Labute approximate surface area is 149 Å². The summed E-state index contributed by atoms with van der Waals surface area (Å²) in [5.74, 6) is 2.53. The van der Waals surface area contributed by atoms with E-state index in [1.165, 1.54) is 12.0 Å². The standard InChI is InChI=1S/C19H26N4O2/c1-3-25-17-9-8-15(12-18(17)24-2)13-20-16-6-5-11-23(14-16)19-7-4-10-21-22-19/h4,7-10,12,16,20H,3,5-6,11,13-14H2,1-2H3/t16-/m1/s1. The molecule has 134 valence electrons. The van der Waals surface area contributed by atoms with E-state index in [0.717, 1.165) is 43.4 Å². The second kappa shape index (κ2) is 8.67. The number of hydrogen-bond acceptors (Lipinski definition) is 6. The Kier molecular flexibility index (Phi) is 6.06. The molecule has 1 saturated heterocycles. The number of nitrogens with one attached hydrogen (secondary N) is 1. The van der Waals surface area contributed by atoms with Crippen LogP contribution in [0.3, 0.4) is 0 Å². The van der Waals surface area contributed by atoms with Crippen LogP contribution in [0, 0.1) is 0 Å². The summed E-state index contributed by atoms with van der Waals surface area (Å²) in [6.07, 6.45) is 4.04. The minimum atomic E-state index is 0.438. The van der Waals surface area contributed by atoms with E-state index in [0.29, 0.717) is 12.6 Å². The molecule has 0 aliphatic carbocycles. The first-order valence-corrected chi connectivity index (χ1v) is 8.86. The molecular weight excluding hydrogens is 316 g/mol. The van der Waals surface area contributed by atoms with Crippen LogP contribution in [0.1, 0.15) is 25.3 Å². The van der Waals surface area contributed by atoms with Crippen molar-refractivity contribution in [3.8, 4) is 11.5 Å². The van der Waals surface area contributed by atoms with Crippen LogP contribution in [-0.2, 0) is 6.54 Å². The van der Waals surface area contributed by atoms with Crippen LogP contribution in [0.2, 0.25) is 0 Å². The zero-order valence-electron chi connectivity index (χ0n) is 14.9. The highest BCUT2D eigenvalue weighted by Crippen LogP contribution is 2.28. The van der Waals surface area contributed by atoms with Crippen molar-refractivity contribution in [1.29, 1.82) is 0 Å². The lowest BCUT2D eigenvalue weighted by Crippen LogP contribution is -2.45. The molecule has 1 aliphatic heterocycles. The number of rotatable bonds is 7. The first-order valence-electron chi connectivity index (χ1n) is 8.86. The van der Waals surface area contributed by atoms with Crippen molar-refractivity contribution in [3.05, 3.63) is 42.1 Å². The van der Waals surface area contributed by atoms with Crippen LogP contribution < -0.4 is 19.7 Å². The van der Waals surface area contributed by atoms with Crippen LogP contribution in [0.4, 0.5) is 5.82 Å². The van der Waals surface area contributed by atoms with Gasteiger partial charge in [-0.2, -0.15) is 5.10 Å². The van der Waals surface area contributed by atoms with Crippen LogP contribution in [0.5, 0.6) is 11.5 Å². The van der Waals surface area contributed by atoms with Crippen LogP contribution in [0.25, 0.3) is 0 Å². The molecule has 1 fully saturated rings.